The van der Waals surface area contributed by atoms with E-state index in [1.165, 1.54) is 16.4 Å². The average molecular weight is 663 g/mol. The van der Waals surface area contributed by atoms with Gasteiger partial charge in [0.1, 0.15) is 28.8 Å². The molecule has 2 aliphatic rings. The predicted molar refractivity (Wildman–Crippen MR) is 170 cm³/mol. The van der Waals surface area contributed by atoms with E-state index in [-0.39, 0.29) is 45.9 Å². The molecule has 2 aliphatic heterocycles. The molecule has 2 saturated heterocycles. The Morgan fingerprint density at radius 3 is 2.57 bits per heavy atom. The number of carbonyl (C=O) groups excluding carboxylic acids is 2. The third-order valence-electron chi connectivity index (χ3n) is 8.31. The fraction of sp³-hybridized carbons (Fsp3) is 0.452. The Labute approximate surface area is 267 Å². The summed E-state index contributed by atoms with van der Waals surface area (Å²) in [5, 5.41) is 4.19. The van der Waals surface area contributed by atoms with Crippen LogP contribution in [-0.2, 0) is 26.2 Å². The quantitative estimate of drug-likeness (QED) is 0.348. The monoisotopic (exact) mass is 661 g/mol. The lowest BCUT2D eigenvalue weighted by atomic mass is 10.0. The number of ether oxygens (including phenoxy) is 1. The van der Waals surface area contributed by atoms with E-state index in [4.69, 9.17) is 33.7 Å². The summed E-state index contributed by atoms with van der Waals surface area (Å²) in [4.78, 5) is 31.7. The highest BCUT2D eigenvalue weighted by Gasteiger charge is 2.41. The summed E-state index contributed by atoms with van der Waals surface area (Å²) in [5.74, 6) is 0.190. The molecule has 1 aromatic heterocycles. The molecule has 44 heavy (non-hydrogen) atoms. The molecule has 3 aromatic rings. The average Bonchev–Trinajstić information content (AvgIpc) is 3.49. The van der Waals surface area contributed by atoms with Crippen LogP contribution >= 0.6 is 23.2 Å². The maximum Gasteiger partial charge on any atom is 0.245 e. The van der Waals surface area contributed by atoms with Crippen LogP contribution in [0.15, 0.2) is 41.3 Å². The molecule has 0 bridgehead atoms. The summed E-state index contributed by atoms with van der Waals surface area (Å²) >= 11 is 13.2. The van der Waals surface area contributed by atoms with Crippen molar-refractivity contribution in [3.05, 3.63) is 63.3 Å². The van der Waals surface area contributed by atoms with E-state index in [2.05, 4.69) is 10.3 Å². The zero-order chi connectivity index (χ0) is 31.6. The van der Waals surface area contributed by atoms with Gasteiger partial charge in [-0.3, -0.25) is 9.59 Å². The van der Waals surface area contributed by atoms with Crippen LogP contribution in [-0.4, -0.2) is 72.7 Å². The van der Waals surface area contributed by atoms with Crippen molar-refractivity contribution in [2.45, 2.75) is 69.5 Å². The number of hydrogen-bond acceptors (Lipinski definition) is 7. The number of benzene rings is 2. The number of sulfonamides is 1. The van der Waals surface area contributed by atoms with Gasteiger partial charge in [-0.15, -0.1) is 0 Å². The normalized spacial score (nSPS) is 18.1. The molecule has 3 N–H and O–H groups in total. The fourth-order valence-electron chi connectivity index (χ4n) is 6.00. The number of nitrogens with one attached hydrogen (secondary N) is 1. The lowest BCUT2D eigenvalue weighted by Crippen LogP contribution is -2.52. The van der Waals surface area contributed by atoms with Gasteiger partial charge in [-0.05, 0) is 69.4 Å². The Kier molecular flexibility index (Phi) is 10.0. The molecule has 2 amide bonds. The number of fused-ring (bicyclic) bond motifs is 1. The number of rotatable bonds is 9. The zero-order valence-corrected chi connectivity index (χ0v) is 27.1. The van der Waals surface area contributed by atoms with E-state index in [0.717, 1.165) is 16.6 Å². The van der Waals surface area contributed by atoms with E-state index in [1.807, 2.05) is 32.0 Å². The van der Waals surface area contributed by atoms with Crippen molar-refractivity contribution >= 4 is 55.9 Å². The van der Waals surface area contributed by atoms with Gasteiger partial charge in [-0.2, -0.15) is 4.31 Å². The van der Waals surface area contributed by atoms with Crippen LogP contribution in [0.2, 0.25) is 10.0 Å². The smallest absolute Gasteiger partial charge is 0.245 e. The van der Waals surface area contributed by atoms with Crippen LogP contribution in [0.25, 0.3) is 10.9 Å². The minimum absolute atomic E-state index is 0.00827. The van der Waals surface area contributed by atoms with Crippen molar-refractivity contribution in [1.29, 1.82) is 0 Å². The van der Waals surface area contributed by atoms with Crippen LogP contribution in [0.3, 0.4) is 0 Å². The molecule has 0 spiro atoms. The van der Waals surface area contributed by atoms with E-state index in [9.17, 15) is 18.0 Å². The van der Waals surface area contributed by atoms with E-state index in [0.29, 0.717) is 68.6 Å². The predicted octanol–water partition coefficient (Wildman–Crippen LogP) is 4.35. The number of nitrogens with two attached hydrogens (primary N) is 1. The summed E-state index contributed by atoms with van der Waals surface area (Å²) in [5.41, 5.74) is 8.43. The number of hydrogen-bond donors (Lipinski definition) is 2. The largest absolute Gasteiger partial charge is 0.487 e. The summed E-state index contributed by atoms with van der Waals surface area (Å²) in [7, 11) is -4.15. The molecule has 10 nitrogen and oxygen atoms in total. The number of likely N-dealkylation sites (tertiary alicyclic amines) is 1. The van der Waals surface area contributed by atoms with Crippen molar-refractivity contribution in [1.82, 2.24) is 19.5 Å². The van der Waals surface area contributed by atoms with Gasteiger partial charge >= 0.3 is 0 Å². The molecule has 3 heterocycles. The van der Waals surface area contributed by atoms with Crippen LogP contribution in [0.5, 0.6) is 5.75 Å². The second-order valence-corrected chi connectivity index (χ2v) is 14.0. The highest BCUT2D eigenvalue weighted by molar-refractivity contribution is 7.89. The highest BCUT2D eigenvalue weighted by Crippen LogP contribution is 2.37. The lowest BCUT2D eigenvalue weighted by molar-refractivity contribution is -0.132. The highest BCUT2D eigenvalue weighted by atomic mass is 35.5. The minimum atomic E-state index is -4.15. The van der Waals surface area contributed by atoms with Gasteiger partial charge in [0.05, 0.1) is 5.02 Å². The second-order valence-electron chi connectivity index (χ2n) is 11.3. The molecule has 0 aliphatic carbocycles. The molecule has 236 valence electrons. The van der Waals surface area contributed by atoms with Crippen molar-refractivity contribution in [3.8, 4) is 5.75 Å². The molecule has 13 heteroatoms. The summed E-state index contributed by atoms with van der Waals surface area (Å²) < 4.78 is 35.2. The van der Waals surface area contributed by atoms with Crippen molar-refractivity contribution < 1.29 is 22.7 Å². The van der Waals surface area contributed by atoms with Gasteiger partial charge in [-0.1, -0.05) is 35.3 Å². The first kappa shape index (κ1) is 32.4. The first-order valence-electron chi connectivity index (χ1n) is 14.8. The van der Waals surface area contributed by atoms with Crippen molar-refractivity contribution in [2.75, 3.05) is 26.2 Å². The molecule has 0 saturated carbocycles. The van der Waals surface area contributed by atoms with Gasteiger partial charge in [0.25, 0.3) is 0 Å². The number of aryl methyl sites for hydroxylation is 2. The Morgan fingerprint density at radius 2 is 1.84 bits per heavy atom. The first-order chi connectivity index (χ1) is 21.0. The maximum atomic E-state index is 13.9. The van der Waals surface area contributed by atoms with Gasteiger partial charge in [-0.25, -0.2) is 13.4 Å². The second kappa shape index (κ2) is 13.6. The topological polar surface area (TPSA) is 135 Å². The lowest BCUT2D eigenvalue weighted by Gasteiger charge is -2.33. The maximum absolute atomic E-state index is 13.9. The number of halogens is 2. The molecule has 1 atom stereocenters. The minimum Gasteiger partial charge on any atom is -0.487 e. The molecule has 2 aromatic carbocycles. The van der Waals surface area contributed by atoms with Crippen LogP contribution in [0.1, 0.15) is 48.9 Å². The molecule has 0 unspecified atom stereocenters. The summed E-state index contributed by atoms with van der Waals surface area (Å²) in [6.07, 6.45) is 2.43. The number of para-hydroxylation sites is 1. The Bertz CT molecular complexity index is 1680. The fourth-order valence-corrected chi connectivity index (χ4v) is 8.52. The van der Waals surface area contributed by atoms with Gasteiger partial charge in [0.15, 0.2) is 0 Å². The number of carbonyl (C=O) groups is 2. The molecule has 5 rings (SSSR count). The number of pyridine rings is 1. The molecular weight excluding hydrogens is 625 g/mol. The van der Waals surface area contributed by atoms with Crippen LogP contribution in [0, 0.1) is 13.8 Å². The zero-order valence-electron chi connectivity index (χ0n) is 24.8. The van der Waals surface area contributed by atoms with Gasteiger partial charge in [0, 0.05) is 60.3 Å². The Morgan fingerprint density at radius 1 is 1.09 bits per heavy atom. The number of piperidine rings is 1. The SMILES string of the molecule is Cc1cc(C)c2cccc(OCc3c(Cl)ccc(S(=O)(=O)N4CCC[C@H]4C(=O)NC4CCN(C(=O)CCN)CC4)c3Cl)c2n1. The van der Waals surface area contributed by atoms with Crippen molar-refractivity contribution in [3.63, 3.8) is 0 Å². The number of amides is 2. The summed E-state index contributed by atoms with van der Waals surface area (Å²) in [6.45, 7) is 5.38. The van der Waals surface area contributed by atoms with E-state index < -0.39 is 16.1 Å². The van der Waals surface area contributed by atoms with Crippen molar-refractivity contribution in [2.24, 2.45) is 5.73 Å². The van der Waals surface area contributed by atoms with Crippen LogP contribution < -0.4 is 15.8 Å². The standard InChI is InChI=1S/C31H37Cl2N5O5S/c1-19-17-20(2)35-30-22(19)5-3-7-26(30)43-18-23-24(32)8-9-27(29(23)33)44(41,42)38-14-4-6-25(38)31(40)36-21-11-15-37(16-12-21)28(39)10-13-34/h3,5,7-9,17,21,25H,4,6,10-16,18,34H2,1-2H3,(H,36,40)/t25-/m0/s1. The van der Waals surface area contributed by atoms with Crippen LogP contribution in [0.4, 0.5) is 0 Å². The van der Waals surface area contributed by atoms with E-state index >= 15 is 0 Å². The van der Waals surface area contributed by atoms with Gasteiger partial charge < -0.3 is 20.7 Å². The number of aromatic nitrogens is 1. The third-order valence-corrected chi connectivity index (χ3v) is 11.2. The van der Waals surface area contributed by atoms with Gasteiger partial charge in [0.2, 0.25) is 21.8 Å². The Hall–Kier alpha value is -2.96. The van der Waals surface area contributed by atoms with E-state index in [1.54, 1.807) is 11.0 Å². The first-order valence-corrected chi connectivity index (χ1v) is 17.0. The molecule has 0 radical (unpaired) electrons. The molecule has 2 fully saturated rings. The summed E-state index contributed by atoms with van der Waals surface area (Å²) in [6, 6.07) is 9.48. The Balaban J connectivity index is 1.31. The molecular formula is C31H37Cl2N5O5S. The third kappa shape index (κ3) is 6.67. The number of nitrogens with zero attached hydrogens (tertiary/aromatic N) is 3.